The number of H-pyrrole nitrogens is 1. The standard InChI is InChI=1S/C39H35N3O9S2/c1-3-49-37(46)19-8-12-22(13-9-19)40-27(43)18-51-24-7-5-6-21(16-24)28-29-25-17-26(32(29)52-34-33(28)53-39(48)41-34)31-30(25)35(44)42(36(31)45)23-14-10-20(11-15-23)38(47)50-4-2/h5-16,25-26,28-32H,3-4,17-18H2,1-2H3,(H,40,43)(H,41,48)/t25-,26-,28-,29?,30?,31?,32?/m1/s1. The lowest BCUT2D eigenvalue weighted by Gasteiger charge is -2.43. The number of thioether (sulfide) groups is 1. The number of hydrogen-bond donors (Lipinski definition) is 2. The van der Waals surface area contributed by atoms with Crippen LogP contribution in [0.25, 0.3) is 0 Å². The highest BCUT2D eigenvalue weighted by Crippen LogP contribution is 2.68. The number of aromatic amines is 1. The average Bonchev–Trinajstić information content (AvgIpc) is 3.90. The number of benzene rings is 3. The van der Waals surface area contributed by atoms with Crippen molar-refractivity contribution in [3.63, 3.8) is 0 Å². The normalized spacial score (nSPS) is 25.0. The van der Waals surface area contributed by atoms with Crippen LogP contribution in [-0.4, -0.2) is 59.7 Å². The number of aromatic nitrogens is 1. The number of rotatable bonds is 10. The number of amides is 3. The summed E-state index contributed by atoms with van der Waals surface area (Å²) in [7, 11) is 0. The Hall–Kier alpha value is -5.21. The molecule has 3 heterocycles. The molecule has 12 nitrogen and oxygen atoms in total. The topological polar surface area (TPSA) is 161 Å². The molecule has 53 heavy (non-hydrogen) atoms. The molecule has 3 amide bonds. The maximum absolute atomic E-state index is 14.2. The van der Waals surface area contributed by atoms with Crippen molar-refractivity contribution in [2.45, 2.75) is 36.5 Å². The number of carbonyl (C=O) groups is 5. The van der Waals surface area contributed by atoms with Gasteiger partial charge >= 0.3 is 16.8 Å². The third-order valence-corrected chi connectivity index (χ3v) is 13.2. The number of hydrogen-bond acceptors (Lipinski definition) is 11. The Bertz CT molecular complexity index is 2180. The molecule has 2 aliphatic carbocycles. The van der Waals surface area contributed by atoms with Gasteiger partial charge in [0.25, 0.3) is 5.91 Å². The molecule has 3 fully saturated rings. The molecule has 8 rings (SSSR count). The number of esters is 2. The number of fused-ring (bicyclic) bond motifs is 9. The molecule has 14 heteroatoms. The molecular weight excluding hydrogens is 719 g/mol. The largest absolute Gasteiger partial charge is 0.484 e. The van der Waals surface area contributed by atoms with Crippen LogP contribution in [0.1, 0.15) is 57.3 Å². The van der Waals surface area contributed by atoms with Crippen LogP contribution >= 0.6 is 23.1 Å². The van der Waals surface area contributed by atoms with E-state index in [-0.39, 0.29) is 71.3 Å². The summed E-state index contributed by atoms with van der Waals surface area (Å²) in [6, 6.07) is 20.2. The van der Waals surface area contributed by atoms with Gasteiger partial charge in [-0.3, -0.25) is 24.1 Å². The Morgan fingerprint density at radius 1 is 0.849 bits per heavy atom. The molecule has 0 spiro atoms. The Morgan fingerprint density at radius 3 is 2.15 bits per heavy atom. The minimum Gasteiger partial charge on any atom is -0.484 e. The van der Waals surface area contributed by atoms with Gasteiger partial charge in [0.2, 0.25) is 11.8 Å². The van der Waals surface area contributed by atoms with Crippen molar-refractivity contribution < 1.29 is 38.2 Å². The number of thiazole rings is 1. The van der Waals surface area contributed by atoms with E-state index in [0.717, 1.165) is 21.9 Å². The first-order valence-corrected chi connectivity index (χ1v) is 19.2. The second-order valence-corrected chi connectivity index (χ2v) is 15.6. The first-order chi connectivity index (χ1) is 25.7. The number of anilines is 2. The van der Waals surface area contributed by atoms with Crippen LogP contribution in [0.5, 0.6) is 5.75 Å². The lowest BCUT2D eigenvalue weighted by atomic mass is 9.68. The fourth-order valence-corrected chi connectivity index (χ4v) is 11.5. The van der Waals surface area contributed by atoms with Gasteiger partial charge in [0, 0.05) is 21.7 Å². The van der Waals surface area contributed by atoms with Gasteiger partial charge in [-0.25, -0.2) is 9.59 Å². The zero-order valence-corrected chi connectivity index (χ0v) is 30.4. The summed E-state index contributed by atoms with van der Waals surface area (Å²) in [4.78, 5) is 82.9. The first kappa shape index (κ1) is 34.9. The molecule has 4 unspecified atom stereocenters. The molecule has 3 aromatic carbocycles. The zero-order valence-electron chi connectivity index (χ0n) is 28.7. The van der Waals surface area contributed by atoms with Crippen molar-refractivity contribution in [3.05, 3.63) is 104 Å². The number of imide groups is 1. The van der Waals surface area contributed by atoms with Gasteiger partial charge in [0.15, 0.2) is 6.61 Å². The predicted molar refractivity (Wildman–Crippen MR) is 196 cm³/mol. The summed E-state index contributed by atoms with van der Waals surface area (Å²) in [6.45, 7) is 3.70. The summed E-state index contributed by atoms with van der Waals surface area (Å²) in [5.41, 5.74) is 2.56. The number of nitrogens with zero attached hydrogens (tertiary/aromatic N) is 1. The summed E-state index contributed by atoms with van der Waals surface area (Å²) >= 11 is 2.77. The molecule has 2 aliphatic heterocycles. The second-order valence-electron chi connectivity index (χ2n) is 13.4. The number of ether oxygens (including phenoxy) is 3. The van der Waals surface area contributed by atoms with Crippen LogP contribution in [0.15, 0.2) is 82.6 Å². The van der Waals surface area contributed by atoms with E-state index in [4.69, 9.17) is 14.2 Å². The van der Waals surface area contributed by atoms with E-state index in [0.29, 0.717) is 28.3 Å². The maximum Gasteiger partial charge on any atom is 0.338 e. The van der Waals surface area contributed by atoms with Gasteiger partial charge in [0.1, 0.15) is 5.75 Å². The van der Waals surface area contributed by atoms with E-state index in [1.54, 1.807) is 80.2 Å². The van der Waals surface area contributed by atoms with Crippen molar-refractivity contribution in [1.29, 1.82) is 0 Å². The smallest absolute Gasteiger partial charge is 0.338 e. The number of carbonyl (C=O) groups excluding carboxylic acids is 5. The van der Waals surface area contributed by atoms with Gasteiger partial charge in [-0.2, -0.15) is 0 Å². The average molecular weight is 754 g/mol. The molecule has 2 N–H and O–H groups in total. The highest BCUT2D eigenvalue weighted by Gasteiger charge is 2.69. The Balaban J connectivity index is 1.02. The van der Waals surface area contributed by atoms with Crippen LogP contribution in [0.3, 0.4) is 0 Å². The predicted octanol–water partition coefficient (Wildman–Crippen LogP) is 5.49. The molecule has 2 saturated carbocycles. The molecule has 4 aromatic rings. The van der Waals surface area contributed by atoms with Crippen LogP contribution in [0.2, 0.25) is 0 Å². The minimum atomic E-state index is -0.492. The SMILES string of the molecule is CCOC(=O)c1ccc(NC(=O)COc2cccc([C@H]3c4sc(=O)[nH]c4SC4C3[C@H]3C[C@@H]4C4C(=O)N(c5ccc(C(=O)OCC)cc5)C(=O)C43)c2)cc1. The summed E-state index contributed by atoms with van der Waals surface area (Å²) in [5.74, 6) is -2.64. The number of nitrogens with one attached hydrogen (secondary N) is 2. The summed E-state index contributed by atoms with van der Waals surface area (Å²) < 4.78 is 16.0. The van der Waals surface area contributed by atoms with E-state index in [9.17, 15) is 28.8 Å². The van der Waals surface area contributed by atoms with Crippen molar-refractivity contribution in [1.82, 2.24) is 4.98 Å². The van der Waals surface area contributed by atoms with E-state index in [2.05, 4.69) is 10.3 Å². The molecule has 0 radical (unpaired) electrons. The Labute approximate surface area is 312 Å². The summed E-state index contributed by atoms with van der Waals surface area (Å²) in [5, 5.41) is 3.56. The van der Waals surface area contributed by atoms with Gasteiger partial charge < -0.3 is 24.5 Å². The third-order valence-electron chi connectivity index (χ3n) is 10.6. The quantitative estimate of drug-likeness (QED) is 0.157. The fraction of sp³-hybridized carbons (Fsp3) is 0.333. The molecule has 4 aliphatic rings. The van der Waals surface area contributed by atoms with Crippen LogP contribution in [-0.2, 0) is 23.9 Å². The lowest BCUT2D eigenvalue weighted by Crippen LogP contribution is -2.42. The van der Waals surface area contributed by atoms with E-state index in [1.807, 2.05) is 18.2 Å². The molecular formula is C39H35N3O9S2. The van der Waals surface area contributed by atoms with Crippen molar-refractivity contribution >= 4 is 64.1 Å². The minimum absolute atomic E-state index is 0.00235. The van der Waals surface area contributed by atoms with Gasteiger partial charge in [0.05, 0.1) is 46.9 Å². The van der Waals surface area contributed by atoms with Crippen molar-refractivity contribution in [3.8, 4) is 5.75 Å². The Kier molecular flexibility index (Phi) is 9.19. The highest BCUT2D eigenvalue weighted by molar-refractivity contribution is 8.00. The van der Waals surface area contributed by atoms with Gasteiger partial charge in [-0.15, -0.1) is 11.8 Å². The summed E-state index contributed by atoms with van der Waals surface area (Å²) in [6.07, 6.45) is 0.734. The third kappa shape index (κ3) is 6.13. The van der Waals surface area contributed by atoms with Crippen LogP contribution in [0, 0.1) is 29.6 Å². The van der Waals surface area contributed by atoms with E-state index >= 15 is 0 Å². The fourth-order valence-electron chi connectivity index (χ4n) is 8.65. The molecule has 1 aromatic heterocycles. The monoisotopic (exact) mass is 753 g/mol. The lowest BCUT2D eigenvalue weighted by molar-refractivity contribution is -0.123. The Morgan fingerprint density at radius 2 is 1.49 bits per heavy atom. The molecule has 1 saturated heterocycles. The van der Waals surface area contributed by atoms with E-state index < -0.39 is 23.8 Å². The van der Waals surface area contributed by atoms with Crippen LogP contribution < -0.4 is 19.8 Å². The highest BCUT2D eigenvalue weighted by atomic mass is 32.2. The van der Waals surface area contributed by atoms with Crippen molar-refractivity contribution in [2.24, 2.45) is 29.6 Å². The zero-order chi connectivity index (χ0) is 37.0. The first-order valence-electron chi connectivity index (χ1n) is 17.5. The van der Waals surface area contributed by atoms with Gasteiger partial charge in [-0.05, 0) is 104 Å². The molecule has 272 valence electrons. The second kappa shape index (κ2) is 14.0. The maximum atomic E-state index is 14.2. The van der Waals surface area contributed by atoms with Gasteiger partial charge in [-0.1, -0.05) is 23.5 Å². The molecule has 2 bridgehead atoms. The molecule has 7 atom stereocenters. The van der Waals surface area contributed by atoms with Crippen LogP contribution in [0.4, 0.5) is 11.4 Å². The van der Waals surface area contributed by atoms with Crippen molar-refractivity contribution in [2.75, 3.05) is 30.0 Å². The van der Waals surface area contributed by atoms with E-state index in [1.165, 1.54) is 16.2 Å².